The van der Waals surface area contributed by atoms with Gasteiger partial charge in [0.25, 0.3) is 0 Å². The summed E-state index contributed by atoms with van der Waals surface area (Å²) in [6.45, 7) is 0.546. The van der Waals surface area contributed by atoms with Crippen molar-refractivity contribution in [1.82, 2.24) is 9.13 Å². The molecule has 0 saturated heterocycles. The molecule has 0 fully saturated rings. The predicted molar refractivity (Wildman–Crippen MR) is 111 cm³/mol. The summed E-state index contributed by atoms with van der Waals surface area (Å²) in [4.78, 5) is 0. The van der Waals surface area contributed by atoms with Crippen molar-refractivity contribution in [2.75, 3.05) is 0 Å². The number of benzene rings is 3. The highest BCUT2D eigenvalue weighted by Gasteiger charge is 2.09. The quantitative estimate of drug-likeness (QED) is 0.479. The highest BCUT2D eigenvalue weighted by molar-refractivity contribution is 7.71. The Morgan fingerprint density at radius 1 is 0.704 bits per heavy atom. The van der Waals surface area contributed by atoms with Gasteiger partial charge in [0.1, 0.15) is 0 Å². The summed E-state index contributed by atoms with van der Waals surface area (Å²) in [5, 5.41) is 10.4. The minimum atomic E-state index is 0.164. The van der Waals surface area contributed by atoms with E-state index in [1.165, 1.54) is 11.1 Å². The molecule has 0 amide bonds. The maximum Gasteiger partial charge on any atom is 0.210 e. The summed E-state index contributed by atoms with van der Waals surface area (Å²) >= 11 is 5.60. The van der Waals surface area contributed by atoms with Crippen molar-refractivity contribution < 1.29 is 5.11 Å². The molecule has 27 heavy (non-hydrogen) atoms. The molecule has 0 radical (unpaired) electrons. The zero-order valence-electron chi connectivity index (χ0n) is 14.8. The Hall–Kier alpha value is -3.11. The predicted octanol–water partition coefficient (Wildman–Crippen LogP) is 5.35. The van der Waals surface area contributed by atoms with Crippen LogP contribution in [0, 0.1) is 4.77 Å². The number of imidazole rings is 1. The summed E-state index contributed by atoms with van der Waals surface area (Å²) in [5.41, 5.74) is 4.57. The molecule has 1 aromatic heterocycles. The van der Waals surface area contributed by atoms with E-state index in [0.717, 1.165) is 17.7 Å². The van der Waals surface area contributed by atoms with Crippen LogP contribution in [0.3, 0.4) is 0 Å². The van der Waals surface area contributed by atoms with Gasteiger partial charge in [-0.1, -0.05) is 72.8 Å². The van der Waals surface area contributed by atoms with Crippen LogP contribution >= 0.6 is 12.2 Å². The number of hydrogen-bond donors (Lipinski definition) is 1. The third-order valence-corrected chi connectivity index (χ3v) is 5.02. The molecule has 4 heteroatoms. The van der Waals surface area contributed by atoms with Crippen LogP contribution in [0.5, 0.6) is 5.88 Å². The lowest BCUT2D eigenvalue weighted by Gasteiger charge is -2.07. The summed E-state index contributed by atoms with van der Waals surface area (Å²) in [5.74, 6) is 0.164. The molecule has 4 aromatic rings. The average molecular weight is 372 g/mol. The van der Waals surface area contributed by atoms with Gasteiger partial charge < -0.3 is 5.11 Å². The molecule has 1 heterocycles. The highest BCUT2D eigenvalue weighted by Crippen LogP contribution is 2.20. The first-order valence-electron chi connectivity index (χ1n) is 8.89. The van der Waals surface area contributed by atoms with E-state index >= 15 is 0 Å². The number of rotatable bonds is 5. The summed E-state index contributed by atoms with van der Waals surface area (Å²) in [6, 6.07) is 28.7. The average Bonchev–Trinajstić information content (AvgIpc) is 2.98. The van der Waals surface area contributed by atoms with Crippen LogP contribution in [0.2, 0.25) is 0 Å². The lowest BCUT2D eigenvalue weighted by Crippen LogP contribution is -2.01. The first-order valence-corrected chi connectivity index (χ1v) is 9.30. The molecular formula is C23H20N2OS. The molecule has 0 aliphatic carbocycles. The Labute approximate surface area is 163 Å². The third kappa shape index (κ3) is 3.86. The smallest absolute Gasteiger partial charge is 0.210 e. The standard InChI is InChI=1S/C23H20N2OS/c26-22-17-24(23(27)25(22)16-20-9-5-2-6-10-20)21-13-11-19(12-14-21)15-18-7-3-1-4-8-18/h1-14,17,26H,15-16H2. The van der Waals surface area contributed by atoms with Gasteiger partial charge in [-0.25, -0.2) is 0 Å². The Morgan fingerprint density at radius 2 is 1.26 bits per heavy atom. The van der Waals surface area contributed by atoms with Gasteiger partial charge >= 0.3 is 0 Å². The maximum atomic E-state index is 10.4. The molecular weight excluding hydrogens is 352 g/mol. The monoisotopic (exact) mass is 372 g/mol. The Kier molecular flexibility index (Phi) is 4.90. The number of hydrogen-bond acceptors (Lipinski definition) is 2. The van der Waals surface area contributed by atoms with Crippen LogP contribution in [0.1, 0.15) is 16.7 Å². The molecule has 0 spiro atoms. The topological polar surface area (TPSA) is 30.1 Å². The van der Waals surface area contributed by atoms with Gasteiger partial charge in [-0.15, -0.1) is 0 Å². The zero-order valence-corrected chi connectivity index (χ0v) is 15.6. The van der Waals surface area contributed by atoms with Crippen LogP contribution in [0.25, 0.3) is 5.69 Å². The van der Waals surface area contributed by atoms with Gasteiger partial charge in [0.2, 0.25) is 5.88 Å². The van der Waals surface area contributed by atoms with E-state index in [9.17, 15) is 5.11 Å². The first-order chi connectivity index (χ1) is 13.2. The van der Waals surface area contributed by atoms with Crippen molar-refractivity contribution in [1.29, 1.82) is 0 Å². The molecule has 0 atom stereocenters. The van der Waals surface area contributed by atoms with Crippen molar-refractivity contribution in [3.05, 3.63) is 113 Å². The van der Waals surface area contributed by atoms with Gasteiger partial charge in [0.05, 0.1) is 12.7 Å². The lowest BCUT2D eigenvalue weighted by atomic mass is 10.0. The Balaban J connectivity index is 1.58. The third-order valence-electron chi connectivity index (χ3n) is 4.61. The molecule has 1 N–H and O–H groups in total. The van der Waals surface area contributed by atoms with Crippen molar-refractivity contribution in [3.8, 4) is 11.6 Å². The van der Waals surface area contributed by atoms with E-state index in [1.807, 2.05) is 53.1 Å². The van der Waals surface area contributed by atoms with Gasteiger partial charge in [0, 0.05) is 5.69 Å². The van der Waals surface area contributed by atoms with Gasteiger partial charge in [0.15, 0.2) is 4.77 Å². The van der Waals surface area contributed by atoms with E-state index in [-0.39, 0.29) is 5.88 Å². The summed E-state index contributed by atoms with van der Waals surface area (Å²) < 4.78 is 4.16. The molecule has 4 rings (SSSR count). The maximum absolute atomic E-state index is 10.4. The van der Waals surface area contributed by atoms with Crippen molar-refractivity contribution in [2.45, 2.75) is 13.0 Å². The minimum absolute atomic E-state index is 0.164. The second-order valence-electron chi connectivity index (χ2n) is 6.54. The second kappa shape index (κ2) is 7.64. The molecule has 3 aromatic carbocycles. The minimum Gasteiger partial charge on any atom is -0.493 e. The van der Waals surface area contributed by atoms with Gasteiger partial charge in [-0.2, -0.15) is 0 Å². The summed E-state index contributed by atoms with van der Waals surface area (Å²) in [7, 11) is 0. The van der Waals surface area contributed by atoms with Crippen molar-refractivity contribution >= 4 is 12.2 Å². The largest absolute Gasteiger partial charge is 0.493 e. The number of nitrogens with zero attached hydrogens (tertiary/aromatic N) is 2. The van der Waals surface area contributed by atoms with E-state index in [4.69, 9.17) is 12.2 Å². The first kappa shape index (κ1) is 17.3. The Morgan fingerprint density at radius 3 is 1.89 bits per heavy atom. The summed E-state index contributed by atoms with van der Waals surface area (Å²) in [6.07, 6.45) is 2.57. The fourth-order valence-electron chi connectivity index (χ4n) is 3.17. The van der Waals surface area contributed by atoms with Gasteiger partial charge in [-0.3, -0.25) is 9.13 Å². The Bertz CT molecular complexity index is 1080. The van der Waals surface area contributed by atoms with Crippen LogP contribution in [-0.4, -0.2) is 14.2 Å². The molecule has 0 saturated carbocycles. The SMILES string of the molecule is Oc1cn(-c2ccc(Cc3ccccc3)cc2)c(=S)n1Cc1ccccc1. The van der Waals surface area contributed by atoms with Crippen LogP contribution in [-0.2, 0) is 13.0 Å². The zero-order chi connectivity index (χ0) is 18.6. The fourth-order valence-corrected chi connectivity index (χ4v) is 3.49. The molecule has 134 valence electrons. The second-order valence-corrected chi connectivity index (χ2v) is 6.91. The van der Waals surface area contributed by atoms with Crippen LogP contribution in [0.15, 0.2) is 91.1 Å². The number of aromatic hydroxyl groups is 1. The van der Waals surface area contributed by atoms with E-state index in [0.29, 0.717) is 11.3 Å². The van der Waals surface area contributed by atoms with E-state index < -0.39 is 0 Å². The van der Waals surface area contributed by atoms with E-state index in [2.05, 4.69) is 36.4 Å². The lowest BCUT2D eigenvalue weighted by molar-refractivity contribution is 0.423. The fraction of sp³-hybridized carbons (Fsp3) is 0.0870. The van der Waals surface area contributed by atoms with Crippen LogP contribution < -0.4 is 0 Å². The van der Waals surface area contributed by atoms with E-state index in [1.54, 1.807) is 10.8 Å². The normalized spacial score (nSPS) is 10.8. The molecule has 0 aliphatic heterocycles. The highest BCUT2D eigenvalue weighted by atomic mass is 32.1. The molecule has 0 unspecified atom stereocenters. The molecule has 0 aliphatic rings. The molecule has 0 bridgehead atoms. The van der Waals surface area contributed by atoms with Crippen molar-refractivity contribution in [3.63, 3.8) is 0 Å². The van der Waals surface area contributed by atoms with Crippen molar-refractivity contribution in [2.24, 2.45) is 0 Å². The van der Waals surface area contributed by atoms with Crippen LogP contribution in [0.4, 0.5) is 0 Å². The number of aromatic nitrogens is 2. The van der Waals surface area contributed by atoms with Gasteiger partial charge in [-0.05, 0) is 47.5 Å². The molecule has 3 nitrogen and oxygen atoms in total.